The number of rotatable bonds is 7. The first-order chi connectivity index (χ1) is 10.4. The van der Waals surface area contributed by atoms with Crippen molar-refractivity contribution in [3.8, 4) is 0 Å². The van der Waals surface area contributed by atoms with E-state index in [1.165, 1.54) is 5.56 Å². The van der Waals surface area contributed by atoms with Gasteiger partial charge >= 0.3 is 0 Å². The van der Waals surface area contributed by atoms with Crippen molar-refractivity contribution in [2.24, 2.45) is 5.41 Å². The summed E-state index contributed by atoms with van der Waals surface area (Å²) in [5.41, 5.74) is 2.38. The van der Waals surface area contributed by atoms with Crippen LogP contribution in [0.5, 0.6) is 0 Å². The van der Waals surface area contributed by atoms with Crippen LogP contribution >= 0.6 is 0 Å². The molecule has 0 bridgehead atoms. The Morgan fingerprint density at radius 3 is 2.50 bits per heavy atom. The van der Waals surface area contributed by atoms with Crippen LogP contribution in [0.25, 0.3) is 0 Å². The smallest absolute Gasteiger partial charge is 0.238 e. The number of amides is 1. The Morgan fingerprint density at radius 2 is 2.00 bits per heavy atom. The Labute approximate surface area is 133 Å². The summed E-state index contributed by atoms with van der Waals surface area (Å²) < 4.78 is 5.25. The van der Waals surface area contributed by atoms with Gasteiger partial charge in [0, 0.05) is 17.6 Å². The molecule has 22 heavy (non-hydrogen) atoms. The van der Waals surface area contributed by atoms with E-state index in [-0.39, 0.29) is 11.3 Å². The molecule has 0 saturated carbocycles. The van der Waals surface area contributed by atoms with Crippen molar-refractivity contribution in [3.63, 3.8) is 0 Å². The summed E-state index contributed by atoms with van der Waals surface area (Å²) in [5.74, 6) is 0.587. The van der Waals surface area contributed by atoms with E-state index in [0.717, 1.165) is 31.9 Å². The molecule has 1 unspecified atom stereocenters. The lowest BCUT2D eigenvalue weighted by molar-refractivity contribution is -0.124. The van der Waals surface area contributed by atoms with Crippen molar-refractivity contribution >= 4 is 11.6 Å². The van der Waals surface area contributed by atoms with Crippen molar-refractivity contribution in [1.82, 2.24) is 4.90 Å². The molecule has 1 atom stereocenters. The molecule has 1 fully saturated rings. The molecule has 0 aromatic heterocycles. The number of carbonyl (C=O) groups is 1. The summed E-state index contributed by atoms with van der Waals surface area (Å²) in [6.07, 6.45) is 1.12. The topological polar surface area (TPSA) is 41.6 Å². The van der Waals surface area contributed by atoms with Gasteiger partial charge in [-0.05, 0) is 37.1 Å². The predicted molar refractivity (Wildman–Crippen MR) is 90.2 cm³/mol. The molecule has 0 spiro atoms. The van der Waals surface area contributed by atoms with Crippen LogP contribution in [0.2, 0.25) is 0 Å². The number of hydrogen-bond donors (Lipinski definition) is 1. The molecular weight excluding hydrogens is 276 g/mol. The van der Waals surface area contributed by atoms with E-state index in [2.05, 4.69) is 43.1 Å². The molecule has 4 heteroatoms. The van der Waals surface area contributed by atoms with E-state index in [1.54, 1.807) is 0 Å². The van der Waals surface area contributed by atoms with E-state index >= 15 is 0 Å². The van der Waals surface area contributed by atoms with Gasteiger partial charge in [0.05, 0.1) is 19.8 Å². The largest absolute Gasteiger partial charge is 0.380 e. The molecule has 1 aliphatic heterocycles. The first kappa shape index (κ1) is 17.0. The third-order valence-corrected chi connectivity index (χ3v) is 4.34. The second-order valence-electron chi connectivity index (χ2n) is 6.96. The predicted octanol–water partition coefficient (Wildman–Crippen LogP) is 3.11. The molecule has 1 N–H and O–H groups in total. The zero-order valence-electron chi connectivity index (χ0n) is 14.2. The highest BCUT2D eigenvalue weighted by Gasteiger charge is 2.34. The van der Waals surface area contributed by atoms with E-state index in [4.69, 9.17) is 4.74 Å². The van der Waals surface area contributed by atoms with Crippen LogP contribution in [0.3, 0.4) is 0 Å². The van der Waals surface area contributed by atoms with Crippen LogP contribution in [0.4, 0.5) is 5.69 Å². The standard InChI is InChI=1S/C18H28N2O2/c1-5-14(2)15-6-8-16(9-7-15)19-17(21)10-20(4)11-18(3)12-22-13-18/h6-9,14H,5,10-13H2,1-4H3,(H,19,21). The molecule has 1 aromatic carbocycles. The quantitative estimate of drug-likeness (QED) is 0.841. The van der Waals surface area contributed by atoms with Crippen molar-refractivity contribution in [1.29, 1.82) is 0 Å². The summed E-state index contributed by atoms with van der Waals surface area (Å²) in [5, 5.41) is 2.97. The van der Waals surface area contributed by atoms with E-state index in [0.29, 0.717) is 12.5 Å². The second-order valence-corrected chi connectivity index (χ2v) is 6.96. The molecule has 1 heterocycles. The SMILES string of the molecule is CCC(C)c1ccc(NC(=O)CN(C)CC2(C)COC2)cc1. The van der Waals surface area contributed by atoms with Gasteiger partial charge in [0.15, 0.2) is 0 Å². The molecule has 1 saturated heterocycles. The first-order valence-corrected chi connectivity index (χ1v) is 8.08. The number of anilines is 1. The van der Waals surface area contributed by atoms with E-state index < -0.39 is 0 Å². The van der Waals surface area contributed by atoms with Crippen LogP contribution in [0, 0.1) is 5.41 Å². The zero-order chi connectivity index (χ0) is 16.2. The maximum atomic E-state index is 12.1. The molecule has 122 valence electrons. The number of ether oxygens (including phenoxy) is 1. The third kappa shape index (κ3) is 4.55. The Kier molecular flexibility index (Phi) is 5.59. The van der Waals surface area contributed by atoms with Gasteiger partial charge < -0.3 is 10.1 Å². The minimum atomic E-state index is 0.0302. The molecule has 4 nitrogen and oxygen atoms in total. The summed E-state index contributed by atoms with van der Waals surface area (Å²) in [6.45, 7) is 9.46. The summed E-state index contributed by atoms with van der Waals surface area (Å²) >= 11 is 0. The second kappa shape index (κ2) is 7.25. The summed E-state index contributed by atoms with van der Waals surface area (Å²) in [7, 11) is 1.98. The molecule has 1 amide bonds. The highest BCUT2D eigenvalue weighted by Crippen LogP contribution is 2.27. The van der Waals surface area contributed by atoms with E-state index in [1.807, 2.05) is 19.2 Å². The summed E-state index contributed by atoms with van der Waals surface area (Å²) in [4.78, 5) is 14.2. The number of benzene rings is 1. The molecule has 1 aromatic rings. The minimum absolute atomic E-state index is 0.0302. The molecule has 2 rings (SSSR count). The van der Waals surface area contributed by atoms with E-state index in [9.17, 15) is 4.79 Å². The van der Waals surface area contributed by atoms with Gasteiger partial charge in [0.1, 0.15) is 0 Å². The average Bonchev–Trinajstić information content (AvgIpc) is 2.45. The number of nitrogens with zero attached hydrogens (tertiary/aromatic N) is 1. The normalized spacial score (nSPS) is 17.9. The monoisotopic (exact) mass is 304 g/mol. The number of likely N-dealkylation sites (N-methyl/N-ethyl adjacent to an activating group) is 1. The van der Waals surface area contributed by atoms with Crippen LogP contribution in [-0.4, -0.2) is 44.2 Å². The fourth-order valence-corrected chi connectivity index (χ4v) is 2.83. The fraction of sp³-hybridized carbons (Fsp3) is 0.611. The van der Waals surface area contributed by atoms with Crippen molar-refractivity contribution in [2.75, 3.05) is 38.7 Å². The van der Waals surface area contributed by atoms with Crippen LogP contribution in [0.15, 0.2) is 24.3 Å². The van der Waals surface area contributed by atoms with Gasteiger partial charge in [-0.3, -0.25) is 9.69 Å². The van der Waals surface area contributed by atoms with Gasteiger partial charge in [-0.2, -0.15) is 0 Å². The van der Waals surface area contributed by atoms with Crippen LogP contribution in [0.1, 0.15) is 38.7 Å². The number of nitrogens with one attached hydrogen (secondary N) is 1. The Bertz CT molecular complexity index is 494. The fourth-order valence-electron chi connectivity index (χ4n) is 2.83. The number of hydrogen-bond acceptors (Lipinski definition) is 3. The highest BCUT2D eigenvalue weighted by molar-refractivity contribution is 5.92. The molecule has 1 aliphatic rings. The molecule has 0 aliphatic carbocycles. The zero-order valence-corrected chi connectivity index (χ0v) is 14.2. The van der Waals surface area contributed by atoms with Crippen molar-refractivity contribution < 1.29 is 9.53 Å². The van der Waals surface area contributed by atoms with Gasteiger partial charge in [0.2, 0.25) is 5.91 Å². The lowest BCUT2D eigenvalue weighted by atomic mass is 9.88. The summed E-state index contributed by atoms with van der Waals surface area (Å²) in [6, 6.07) is 8.17. The third-order valence-electron chi connectivity index (χ3n) is 4.34. The Morgan fingerprint density at radius 1 is 1.36 bits per heavy atom. The van der Waals surface area contributed by atoms with Crippen molar-refractivity contribution in [3.05, 3.63) is 29.8 Å². The molecule has 0 radical (unpaired) electrons. The number of carbonyl (C=O) groups excluding carboxylic acids is 1. The minimum Gasteiger partial charge on any atom is -0.380 e. The van der Waals surface area contributed by atoms with Gasteiger partial charge in [0.25, 0.3) is 0 Å². The maximum absolute atomic E-state index is 12.1. The van der Waals surface area contributed by atoms with Gasteiger partial charge in [-0.25, -0.2) is 0 Å². The lowest BCUT2D eigenvalue weighted by Gasteiger charge is -2.40. The Balaban J connectivity index is 1.81. The van der Waals surface area contributed by atoms with Crippen LogP contribution in [-0.2, 0) is 9.53 Å². The molecular formula is C18H28N2O2. The van der Waals surface area contributed by atoms with Crippen molar-refractivity contribution in [2.45, 2.75) is 33.1 Å². The highest BCUT2D eigenvalue weighted by atomic mass is 16.5. The van der Waals surface area contributed by atoms with Crippen LogP contribution < -0.4 is 5.32 Å². The van der Waals surface area contributed by atoms with Gasteiger partial charge in [-0.1, -0.05) is 32.9 Å². The lowest BCUT2D eigenvalue weighted by Crippen LogP contribution is -2.49. The first-order valence-electron chi connectivity index (χ1n) is 8.08. The van der Waals surface area contributed by atoms with Gasteiger partial charge in [-0.15, -0.1) is 0 Å². The Hall–Kier alpha value is -1.39. The maximum Gasteiger partial charge on any atom is 0.238 e. The average molecular weight is 304 g/mol.